The summed E-state index contributed by atoms with van der Waals surface area (Å²) in [6.07, 6.45) is -4.00. The van der Waals surface area contributed by atoms with Gasteiger partial charge in [0.1, 0.15) is 5.82 Å². The van der Waals surface area contributed by atoms with E-state index in [0.717, 1.165) is 29.0 Å². The Morgan fingerprint density at radius 1 is 1.21 bits per heavy atom. The molecule has 4 rings (SSSR count). The molecule has 29 heavy (non-hydrogen) atoms. The fourth-order valence-electron chi connectivity index (χ4n) is 3.36. The van der Waals surface area contributed by atoms with Crippen LogP contribution in [0.3, 0.4) is 0 Å². The first kappa shape index (κ1) is 19.5. The van der Waals surface area contributed by atoms with Gasteiger partial charge in [-0.3, -0.25) is 0 Å². The number of nitrogens with zero attached hydrogens (tertiary/aromatic N) is 1. The second-order valence-corrected chi connectivity index (χ2v) is 7.23. The number of fused-ring (bicyclic) bond motifs is 1. The zero-order valence-corrected chi connectivity index (χ0v) is 15.7. The predicted molar refractivity (Wildman–Crippen MR) is 104 cm³/mol. The summed E-state index contributed by atoms with van der Waals surface area (Å²) in [4.78, 5) is 20.0. The minimum absolute atomic E-state index is 0.0130. The molecule has 0 spiro atoms. The molecule has 1 aromatic heterocycles. The Hall–Kier alpha value is -2.78. The zero-order valence-electron chi connectivity index (χ0n) is 15.0. The van der Waals surface area contributed by atoms with Crippen molar-refractivity contribution < 1.29 is 18.0 Å². The highest BCUT2D eigenvalue weighted by Gasteiger charge is 2.33. The third kappa shape index (κ3) is 4.30. The summed E-state index contributed by atoms with van der Waals surface area (Å²) in [7, 11) is 0. The van der Waals surface area contributed by atoms with Gasteiger partial charge in [-0.1, -0.05) is 23.7 Å². The van der Waals surface area contributed by atoms with Gasteiger partial charge in [0.25, 0.3) is 0 Å². The lowest BCUT2D eigenvalue weighted by Gasteiger charge is -2.15. The number of aromatic nitrogens is 2. The summed E-state index contributed by atoms with van der Waals surface area (Å²) in [5.41, 5.74) is 0.812. The van der Waals surface area contributed by atoms with Crippen molar-refractivity contribution in [3.8, 4) is 0 Å². The van der Waals surface area contributed by atoms with Gasteiger partial charge >= 0.3 is 12.2 Å². The SMILES string of the molecule is O=C(Nc1ccc(Cl)c(C(F)(F)F)c1)N[C@H]1CN[C@H](c2nc3ccccc3[nH]2)C1. The molecule has 2 heterocycles. The number of hydrogen-bond acceptors (Lipinski definition) is 3. The highest BCUT2D eigenvalue weighted by atomic mass is 35.5. The quantitative estimate of drug-likeness (QED) is 0.502. The van der Waals surface area contributed by atoms with Gasteiger partial charge < -0.3 is 20.9 Å². The van der Waals surface area contributed by atoms with E-state index < -0.39 is 22.8 Å². The molecule has 4 N–H and O–H groups in total. The second-order valence-electron chi connectivity index (χ2n) is 6.82. The highest BCUT2D eigenvalue weighted by molar-refractivity contribution is 6.31. The smallest absolute Gasteiger partial charge is 0.341 e. The molecule has 1 saturated heterocycles. The molecule has 0 radical (unpaired) electrons. The minimum Gasteiger partial charge on any atom is -0.341 e. The Morgan fingerprint density at radius 2 is 2.00 bits per heavy atom. The molecule has 0 aliphatic carbocycles. The van der Waals surface area contributed by atoms with Gasteiger partial charge in [0.05, 0.1) is 27.7 Å². The normalized spacial score (nSPS) is 19.4. The Morgan fingerprint density at radius 3 is 2.76 bits per heavy atom. The lowest BCUT2D eigenvalue weighted by molar-refractivity contribution is -0.137. The summed E-state index contributed by atoms with van der Waals surface area (Å²) in [5.74, 6) is 0.781. The molecule has 1 fully saturated rings. The van der Waals surface area contributed by atoms with Gasteiger partial charge in [-0.2, -0.15) is 13.2 Å². The molecule has 1 aliphatic heterocycles. The number of H-pyrrole nitrogens is 1. The molecule has 0 bridgehead atoms. The molecular weight excluding hydrogens is 407 g/mol. The Kier molecular flexibility index (Phi) is 5.10. The van der Waals surface area contributed by atoms with E-state index in [1.807, 2.05) is 24.3 Å². The van der Waals surface area contributed by atoms with Crippen molar-refractivity contribution in [3.05, 3.63) is 58.9 Å². The van der Waals surface area contributed by atoms with Crippen LogP contribution in [0, 0.1) is 0 Å². The zero-order chi connectivity index (χ0) is 20.6. The molecule has 152 valence electrons. The van der Waals surface area contributed by atoms with Crippen LogP contribution in [-0.2, 0) is 6.18 Å². The Balaban J connectivity index is 1.37. The predicted octanol–water partition coefficient (Wildman–Crippen LogP) is 4.46. The third-order valence-corrected chi connectivity index (χ3v) is 5.06. The fourth-order valence-corrected chi connectivity index (χ4v) is 3.59. The summed E-state index contributed by atoms with van der Waals surface area (Å²) < 4.78 is 38.8. The first-order chi connectivity index (χ1) is 13.8. The van der Waals surface area contributed by atoms with Gasteiger partial charge in [-0.05, 0) is 36.8 Å². The number of halogens is 4. The number of rotatable bonds is 3. The van der Waals surface area contributed by atoms with Crippen LogP contribution in [0.4, 0.5) is 23.7 Å². The largest absolute Gasteiger partial charge is 0.417 e. The lowest BCUT2D eigenvalue weighted by Crippen LogP contribution is -2.39. The maximum absolute atomic E-state index is 12.9. The fraction of sp³-hybridized carbons (Fsp3) is 0.263. The molecule has 10 heteroatoms. The van der Waals surface area contributed by atoms with Crippen molar-refractivity contribution >= 4 is 34.4 Å². The number of nitrogens with one attached hydrogen (secondary N) is 4. The van der Waals surface area contributed by atoms with Crippen molar-refractivity contribution in [2.45, 2.75) is 24.7 Å². The number of benzene rings is 2. The molecule has 0 saturated carbocycles. The van der Waals surface area contributed by atoms with E-state index in [4.69, 9.17) is 11.6 Å². The molecule has 2 aromatic carbocycles. The highest BCUT2D eigenvalue weighted by Crippen LogP contribution is 2.36. The van der Waals surface area contributed by atoms with E-state index in [9.17, 15) is 18.0 Å². The molecule has 3 aromatic rings. The van der Waals surface area contributed by atoms with E-state index in [-0.39, 0.29) is 17.8 Å². The average molecular weight is 424 g/mol. The molecule has 2 atom stereocenters. The van der Waals surface area contributed by atoms with E-state index >= 15 is 0 Å². The van der Waals surface area contributed by atoms with Crippen molar-refractivity contribution in [2.24, 2.45) is 0 Å². The van der Waals surface area contributed by atoms with Crippen LogP contribution < -0.4 is 16.0 Å². The second kappa shape index (κ2) is 7.57. The topological polar surface area (TPSA) is 81.8 Å². The monoisotopic (exact) mass is 423 g/mol. The van der Waals surface area contributed by atoms with Crippen molar-refractivity contribution in [3.63, 3.8) is 0 Å². The maximum Gasteiger partial charge on any atom is 0.417 e. The number of amides is 2. The Labute approximate surface area is 168 Å². The number of carbonyl (C=O) groups excluding carboxylic acids is 1. The van der Waals surface area contributed by atoms with Crippen LogP contribution in [0.5, 0.6) is 0 Å². The maximum atomic E-state index is 12.9. The molecule has 1 aliphatic rings. The van der Waals surface area contributed by atoms with Crippen LogP contribution in [0.25, 0.3) is 11.0 Å². The summed E-state index contributed by atoms with van der Waals surface area (Å²) >= 11 is 5.59. The van der Waals surface area contributed by atoms with E-state index in [2.05, 4.69) is 25.9 Å². The number of para-hydroxylation sites is 2. The van der Waals surface area contributed by atoms with E-state index in [1.165, 1.54) is 6.07 Å². The minimum atomic E-state index is -4.60. The van der Waals surface area contributed by atoms with Gasteiger partial charge in [0, 0.05) is 18.3 Å². The first-order valence-electron chi connectivity index (χ1n) is 8.92. The average Bonchev–Trinajstić information content (AvgIpc) is 3.28. The standard InChI is InChI=1S/C19H17ClF3N5O/c20-13-6-5-10(7-12(13)19(21,22)23)25-18(29)26-11-8-16(24-9-11)17-27-14-3-1-2-4-15(14)28-17/h1-7,11,16,24H,8-9H2,(H,27,28)(H2,25,26,29)/t11-,16+/m1/s1. The summed E-state index contributed by atoms with van der Waals surface area (Å²) in [6.45, 7) is 0.517. The first-order valence-corrected chi connectivity index (χ1v) is 9.29. The van der Waals surface area contributed by atoms with Gasteiger partial charge in [-0.15, -0.1) is 0 Å². The Bertz CT molecular complexity index is 1020. The van der Waals surface area contributed by atoms with E-state index in [0.29, 0.717) is 13.0 Å². The van der Waals surface area contributed by atoms with Crippen molar-refractivity contribution in [1.82, 2.24) is 20.6 Å². The van der Waals surface area contributed by atoms with Gasteiger partial charge in [-0.25, -0.2) is 9.78 Å². The molecule has 2 amide bonds. The number of urea groups is 1. The summed E-state index contributed by atoms with van der Waals surface area (Å²) in [5, 5.41) is 8.06. The van der Waals surface area contributed by atoms with Crippen LogP contribution in [0.15, 0.2) is 42.5 Å². The van der Waals surface area contributed by atoms with Crippen molar-refractivity contribution in [2.75, 3.05) is 11.9 Å². The van der Waals surface area contributed by atoms with Crippen LogP contribution in [0.1, 0.15) is 23.9 Å². The molecular formula is C19H17ClF3N5O. The van der Waals surface area contributed by atoms with Crippen molar-refractivity contribution in [1.29, 1.82) is 0 Å². The number of imidazole rings is 1. The summed E-state index contributed by atoms with van der Waals surface area (Å²) in [6, 6.07) is 10.1. The molecule has 0 unspecified atom stereocenters. The number of anilines is 1. The lowest BCUT2D eigenvalue weighted by atomic mass is 10.1. The van der Waals surface area contributed by atoms with E-state index in [1.54, 1.807) is 0 Å². The van der Waals surface area contributed by atoms with Gasteiger partial charge in [0.2, 0.25) is 0 Å². The van der Waals surface area contributed by atoms with Gasteiger partial charge in [0.15, 0.2) is 0 Å². The van der Waals surface area contributed by atoms with Crippen LogP contribution >= 0.6 is 11.6 Å². The van der Waals surface area contributed by atoms with Crippen LogP contribution in [-0.4, -0.2) is 28.6 Å². The van der Waals surface area contributed by atoms with Crippen LogP contribution in [0.2, 0.25) is 5.02 Å². The third-order valence-electron chi connectivity index (χ3n) is 4.73. The number of carbonyl (C=O) groups is 1. The number of alkyl halides is 3. The number of aromatic amines is 1. The number of hydrogen-bond donors (Lipinski definition) is 4. The molecule has 6 nitrogen and oxygen atoms in total.